The summed E-state index contributed by atoms with van der Waals surface area (Å²) >= 11 is 0. The predicted molar refractivity (Wildman–Crippen MR) is 85.1 cm³/mol. The summed E-state index contributed by atoms with van der Waals surface area (Å²) in [5.74, 6) is -0.303. The fraction of sp³-hybridized carbons (Fsp3) is 0.588. The lowest BCUT2D eigenvalue weighted by molar-refractivity contribution is 0.0756. The molecule has 0 bridgehead atoms. The van der Waals surface area contributed by atoms with Crippen molar-refractivity contribution in [3.05, 3.63) is 35.1 Å². The number of halogens is 1. The van der Waals surface area contributed by atoms with Gasteiger partial charge in [-0.05, 0) is 63.7 Å². The smallest absolute Gasteiger partial charge is 0.254 e. The van der Waals surface area contributed by atoms with Gasteiger partial charge in [-0.1, -0.05) is 13.8 Å². The maximum Gasteiger partial charge on any atom is 0.254 e. The van der Waals surface area contributed by atoms with Gasteiger partial charge in [0, 0.05) is 18.7 Å². The average Bonchev–Trinajstić information content (AvgIpc) is 2.47. The molecule has 0 fully saturated rings. The summed E-state index contributed by atoms with van der Waals surface area (Å²) in [6.45, 7) is 12.5. The van der Waals surface area contributed by atoms with Crippen molar-refractivity contribution >= 4 is 5.91 Å². The summed E-state index contributed by atoms with van der Waals surface area (Å²) in [5.41, 5.74) is 1.29. The van der Waals surface area contributed by atoms with Gasteiger partial charge in [-0.3, -0.25) is 4.79 Å². The number of benzene rings is 1. The van der Waals surface area contributed by atoms with E-state index in [-0.39, 0.29) is 11.7 Å². The molecule has 0 atom stereocenters. The predicted octanol–water partition coefficient (Wildman–Crippen LogP) is 3.33. The molecule has 3 nitrogen and oxygen atoms in total. The molecule has 118 valence electrons. The number of hydrogen-bond acceptors (Lipinski definition) is 2. The van der Waals surface area contributed by atoms with E-state index >= 15 is 0 Å². The Morgan fingerprint density at radius 3 is 2.29 bits per heavy atom. The van der Waals surface area contributed by atoms with Crippen molar-refractivity contribution in [2.45, 2.75) is 34.1 Å². The Hall–Kier alpha value is -1.42. The van der Waals surface area contributed by atoms with E-state index in [1.165, 1.54) is 12.1 Å². The average molecular weight is 294 g/mol. The van der Waals surface area contributed by atoms with Crippen LogP contribution in [0.15, 0.2) is 18.2 Å². The lowest BCUT2D eigenvalue weighted by Gasteiger charge is -2.24. The molecule has 4 heteroatoms. The first kappa shape index (κ1) is 17.6. The molecule has 1 rings (SSSR count). The molecule has 0 unspecified atom stereocenters. The van der Waals surface area contributed by atoms with Crippen LogP contribution >= 0.6 is 0 Å². The van der Waals surface area contributed by atoms with Gasteiger partial charge in [0.05, 0.1) is 0 Å². The molecule has 0 aliphatic carbocycles. The van der Waals surface area contributed by atoms with Gasteiger partial charge in [0.15, 0.2) is 0 Å². The van der Waals surface area contributed by atoms with E-state index in [0.717, 1.165) is 32.6 Å². The second-order valence-electron chi connectivity index (χ2n) is 5.22. The third-order valence-electron chi connectivity index (χ3n) is 3.88. The fourth-order valence-electron chi connectivity index (χ4n) is 2.47. The van der Waals surface area contributed by atoms with Crippen molar-refractivity contribution in [2.24, 2.45) is 0 Å². The Morgan fingerprint density at radius 2 is 1.76 bits per heavy atom. The highest BCUT2D eigenvalue weighted by atomic mass is 19.1. The van der Waals surface area contributed by atoms with Crippen molar-refractivity contribution in [2.75, 3.05) is 32.7 Å². The van der Waals surface area contributed by atoms with E-state index in [9.17, 15) is 9.18 Å². The fourth-order valence-corrected chi connectivity index (χ4v) is 2.47. The van der Waals surface area contributed by atoms with Crippen LogP contribution in [0.5, 0.6) is 0 Å². The van der Waals surface area contributed by atoms with E-state index in [1.54, 1.807) is 13.0 Å². The normalized spacial score (nSPS) is 11.0. The first-order valence-corrected chi connectivity index (χ1v) is 7.81. The van der Waals surface area contributed by atoms with Gasteiger partial charge in [-0.25, -0.2) is 4.39 Å². The van der Waals surface area contributed by atoms with Crippen LogP contribution < -0.4 is 0 Å². The summed E-state index contributed by atoms with van der Waals surface area (Å²) in [6.07, 6.45) is 0.960. The largest absolute Gasteiger partial charge is 0.339 e. The molecule has 1 aromatic carbocycles. The molecule has 21 heavy (non-hydrogen) atoms. The Kier molecular flexibility index (Phi) is 7.37. The number of carbonyl (C=O) groups is 1. The van der Waals surface area contributed by atoms with Gasteiger partial charge < -0.3 is 9.80 Å². The summed E-state index contributed by atoms with van der Waals surface area (Å²) in [7, 11) is 0. The lowest BCUT2D eigenvalue weighted by atomic mass is 10.1. The van der Waals surface area contributed by atoms with Crippen LogP contribution in [0.1, 0.15) is 43.1 Å². The SMILES string of the molecule is CCN(CC)CCCN(CC)C(=O)c1ccc(F)cc1C. The Bertz CT molecular complexity index is 458. The molecule has 1 aromatic rings. The molecule has 0 aliphatic rings. The topological polar surface area (TPSA) is 23.6 Å². The van der Waals surface area contributed by atoms with Crippen LogP contribution in [0.3, 0.4) is 0 Å². The van der Waals surface area contributed by atoms with Crippen LogP contribution in [0.4, 0.5) is 4.39 Å². The highest BCUT2D eigenvalue weighted by Gasteiger charge is 2.16. The second-order valence-corrected chi connectivity index (χ2v) is 5.22. The van der Waals surface area contributed by atoms with Gasteiger partial charge in [-0.2, -0.15) is 0 Å². The second kappa shape index (κ2) is 8.78. The number of carbonyl (C=O) groups excluding carboxylic acids is 1. The zero-order valence-electron chi connectivity index (χ0n) is 13.7. The Morgan fingerprint density at radius 1 is 1.10 bits per heavy atom. The molecular weight excluding hydrogens is 267 g/mol. The first-order chi connectivity index (χ1) is 10.0. The Labute approximate surface area is 127 Å². The monoisotopic (exact) mass is 294 g/mol. The van der Waals surface area contributed by atoms with E-state index in [1.807, 2.05) is 11.8 Å². The van der Waals surface area contributed by atoms with Crippen molar-refractivity contribution in [1.82, 2.24) is 9.80 Å². The maximum absolute atomic E-state index is 13.1. The quantitative estimate of drug-likeness (QED) is 0.734. The van der Waals surface area contributed by atoms with Crippen LogP contribution in [0.25, 0.3) is 0 Å². The van der Waals surface area contributed by atoms with Gasteiger partial charge in [0.1, 0.15) is 5.82 Å². The summed E-state index contributed by atoms with van der Waals surface area (Å²) < 4.78 is 13.1. The van der Waals surface area contributed by atoms with E-state index in [0.29, 0.717) is 17.7 Å². The van der Waals surface area contributed by atoms with Crippen LogP contribution in [-0.2, 0) is 0 Å². The van der Waals surface area contributed by atoms with Crippen LogP contribution in [-0.4, -0.2) is 48.4 Å². The van der Waals surface area contributed by atoms with Crippen LogP contribution in [0.2, 0.25) is 0 Å². The van der Waals surface area contributed by atoms with E-state index in [4.69, 9.17) is 0 Å². The molecule has 0 spiro atoms. The lowest BCUT2D eigenvalue weighted by Crippen LogP contribution is -2.34. The standard InChI is InChI=1S/C17H27FN2O/c1-5-19(6-2)11-8-12-20(7-3)17(21)16-10-9-15(18)13-14(16)4/h9-10,13H,5-8,11-12H2,1-4H3. The summed E-state index contributed by atoms with van der Waals surface area (Å²) in [6, 6.07) is 4.35. The number of rotatable bonds is 8. The molecule has 0 aliphatic heterocycles. The third kappa shape index (κ3) is 5.12. The first-order valence-electron chi connectivity index (χ1n) is 7.81. The van der Waals surface area contributed by atoms with E-state index in [2.05, 4.69) is 18.7 Å². The molecular formula is C17H27FN2O. The van der Waals surface area contributed by atoms with Gasteiger partial charge in [0.2, 0.25) is 0 Å². The molecule has 0 heterocycles. The minimum Gasteiger partial charge on any atom is -0.339 e. The number of nitrogens with zero attached hydrogens (tertiary/aromatic N) is 2. The Balaban J connectivity index is 2.64. The summed E-state index contributed by atoms with van der Waals surface area (Å²) in [4.78, 5) is 16.7. The van der Waals surface area contributed by atoms with E-state index < -0.39 is 0 Å². The van der Waals surface area contributed by atoms with Crippen molar-refractivity contribution in [1.29, 1.82) is 0 Å². The molecule has 0 saturated carbocycles. The van der Waals surface area contributed by atoms with Gasteiger partial charge in [0.25, 0.3) is 5.91 Å². The zero-order valence-corrected chi connectivity index (χ0v) is 13.7. The number of amides is 1. The molecule has 0 N–H and O–H groups in total. The summed E-state index contributed by atoms with van der Waals surface area (Å²) in [5, 5.41) is 0. The molecule has 0 saturated heterocycles. The van der Waals surface area contributed by atoms with Gasteiger partial charge >= 0.3 is 0 Å². The molecule has 1 amide bonds. The minimum absolute atomic E-state index is 0.00505. The highest BCUT2D eigenvalue weighted by Crippen LogP contribution is 2.13. The van der Waals surface area contributed by atoms with Crippen molar-refractivity contribution < 1.29 is 9.18 Å². The highest BCUT2D eigenvalue weighted by molar-refractivity contribution is 5.95. The zero-order chi connectivity index (χ0) is 15.8. The van der Waals surface area contributed by atoms with Crippen LogP contribution in [0, 0.1) is 12.7 Å². The van der Waals surface area contributed by atoms with Crippen molar-refractivity contribution in [3.63, 3.8) is 0 Å². The number of aryl methyl sites for hydroxylation is 1. The maximum atomic E-state index is 13.1. The van der Waals surface area contributed by atoms with Gasteiger partial charge in [-0.15, -0.1) is 0 Å². The third-order valence-corrected chi connectivity index (χ3v) is 3.88. The minimum atomic E-state index is -0.298. The molecule has 0 aromatic heterocycles. The van der Waals surface area contributed by atoms with Crippen molar-refractivity contribution in [3.8, 4) is 0 Å². The molecule has 0 radical (unpaired) electrons. The number of hydrogen-bond donors (Lipinski definition) is 0.